The predicted molar refractivity (Wildman–Crippen MR) is 69.5 cm³/mol. The SMILES string of the molecule is COC(=O)C(C)C(=O)c1cccc2ccccc12. The maximum absolute atomic E-state index is 12.3. The summed E-state index contributed by atoms with van der Waals surface area (Å²) in [6.45, 7) is 1.57. The third-order valence-corrected chi connectivity index (χ3v) is 3.00. The van der Waals surface area contributed by atoms with Crippen LogP contribution in [0.3, 0.4) is 0 Å². The van der Waals surface area contributed by atoms with Gasteiger partial charge in [-0.15, -0.1) is 0 Å². The minimum atomic E-state index is -0.777. The molecule has 0 bridgehead atoms. The molecule has 0 amide bonds. The van der Waals surface area contributed by atoms with Crippen molar-refractivity contribution in [3.8, 4) is 0 Å². The zero-order valence-electron chi connectivity index (χ0n) is 10.3. The smallest absolute Gasteiger partial charge is 0.316 e. The van der Waals surface area contributed by atoms with Gasteiger partial charge < -0.3 is 4.74 Å². The second-order valence-corrected chi connectivity index (χ2v) is 4.14. The van der Waals surface area contributed by atoms with Gasteiger partial charge >= 0.3 is 5.97 Å². The number of ether oxygens (including phenoxy) is 1. The van der Waals surface area contributed by atoms with Crippen molar-refractivity contribution in [2.24, 2.45) is 5.92 Å². The Balaban J connectivity index is 2.48. The molecule has 0 N–H and O–H groups in total. The minimum absolute atomic E-state index is 0.210. The van der Waals surface area contributed by atoms with E-state index in [9.17, 15) is 9.59 Å². The van der Waals surface area contributed by atoms with Gasteiger partial charge in [0.2, 0.25) is 0 Å². The Hall–Kier alpha value is -2.16. The monoisotopic (exact) mass is 242 g/mol. The molecule has 2 aromatic rings. The molecular formula is C15H14O3. The maximum atomic E-state index is 12.3. The fraction of sp³-hybridized carbons (Fsp3) is 0.200. The van der Waals surface area contributed by atoms with Crippen molar-refractivity contribution in [1.82, 2.24) is 0 Å². The largest absolute Gasteiger partial charge is 0.468 e. The first-order valence-electron chi connectivity index (χ1n) is 5.75. The van der Waals surface area contributed by atoms with Crippen LogP contribution in [0.1, 0.15) is 17.3 Å². The number of fused-ring (bicyclic) bond motifs is 1. The van der Waals surface area contributed by atoms with Crippen molar-refractivity contribution >= 4 is 22.5 Å². The molecule has 0 aliphatic heterocycles. The Morgan fingerprint density at radius 1 is 1.06 bits per heavy atom. The highest BCUT2D eigenvalue weighted by atomic mass is 16.5. The first kappa shape index (κ1) is 12.3. The highest BCUT2D eigenvalue weighted by Crippen LogP contribution is 2.21. The second kappa shape index (κ2) is 5.00. The first-order valence-corrected chi connectivity index (χ1v) is 5.75. The summed E-state index contributed by atoms with van der Waals surface area (Å²) in [6, 6.07) is 13.1. The van der Waals surface area contributed by atoms with Crippen LogP contribution in [0.2, 0.25) is 0 Å². The van der Waals surface area contributed by atoms with E-state index in [1.807, 2.05) is 36.4 Å². The summed E-state index contributed by atoms with van der Waals surface area (Å²) in [7, 11) is 1.29. The molecule has 0 spiro atoms. The van der Waals surface area contributed by atoms with Crippen LogP contribution in [-0.2, 0) is 9.53 Å². The van der Waals surface area contributed by atoms with E-state index in [0.29, 0.717) is 5.56 Å². The minimum Gasteiger partial charge on any atom is -0.468 e. The molecule has 1 atom stereocenters. The molecule has 0 aliphatic carbocycles. The Labute approximate surface area is 105 Å². The fourth-order valence-corrected chi connectivity index (χ4v) is 1.96. The summed E-state index contributed by atoms with van der Waals surface area (Å²) in [5.41, 5.74) is 0.561. The van der Waals surface area contributed by atoms with Crippen molar-refractivity contribution in [1.29, 1.82) is 0 Å². The Morgan fingerprint density at radius 3 is 2.44 bits per heavy atom. The molecular weight excluding hydrogens is 228 g/mol. The quantitative estimate of drug-likeness (QED) is 0.472. The van der Waals surface area contributed by atoms with E-state index in [1.165, 1.54) is 7.11 Å². The van der Waals surface area contributed by atoms with Crippen LogP contribution in [0.4, 0.5) is 0 Å². The van der Waals surface area contributed by atoms with E-state index >= 15 is 0 Å². The van der Waals surface area contributed by atoms with E-state index in [2.05, 4.69) is 4.74 Å². The normalized spacial score (nSPS) is 12.1. The van der Waals surface area contributed by atoms with Gasteiger partial charge in [0, 0.05) is 5.56 Å². The zero-order valence-corrected chi connectivity index (χ0v) is 10.3. The maximum Gasteiger partial charge on any atom is 0.316 e. The summed E-state index contributed by atoms with van der Waals surface area (Å²) >= 11 is 0. The molecule has 0 saturated carbocycles. The lowest BCUT2D eigenvalue weighted by atomic mass is 9.94. The number of carbonyl (C=O) groups excluding carboxylic acids is 2. The summed E-state index contributed by atoms with van der Waals surface area (Å²) in [6.07, 6.45) is 0. The molecule has 3 nitrogen and oxygen atoms in total. The molecule has 0 aromatic heterocycles. The van der Waals surface area contributed by atoms with E-state index in [0.717, 1.165) is 10.8 Å². The van der Waals surface area contributed by atoms with Crippen molar-refractivity contribution in [2.45, 2.75) is 6.92 Å². The molecule has 0 radical (unpaired) electrons. The molecule has 18 heavy (non-hydrogen) atoms. The number of carbonyl (C=O) groups is 2. The van der Waals surface area contributed by atoms with Crippen LogP contribution < -0.4 is 0 Å². The molecule has 92 valence electrons. The molecule has 3 heteroatoms. The molecule has 0 fully saturated rings. The number of Topliss-reactive ketones (excluding diaryl/α,β-unsaturated/α-hetero) is 1. The van der Waals surface area contributed by atoms with Gasteiger partial charge in [-0.3, -0.25) is 9.59 Å². The Bertz CT molecular complexity index is 596. The van der Waals surface area contributed by atoms with Crippen molar-refractivity contribution in [3.63, 3.8) is 0 Å². The summed E-state index contributed by atoms with van der Waals surface area (Å²) in [5, 5.41) is 1.85. The topological polar surface area (TPSA) is 43.4 Å². The van der Waals surface area contributed by atoms with Crippen LogP contribution in [0.25, 0.3) is 10.8 Å². The third kappa shape index (κ3) is 2.12. The third-order valence-electron chi connectivity index (χ3n) is 3.00. The summed E-state index contributed by atoms with van der Waals surface area (Å²) < 4.78 is 4.61. The van der Waals surface area contributed by atoms with Gasteiger partial charge in [-0.05, 0) is 17.7 Å². The average Bonchev–Trinajstić information content (AvgIpc) is 2.44. The van der Waals surface area contributed by atoms with E-state index in [1.54, 1.807) is 13.0 Å². The van der Waals surface area contributed by atoms with E-state index in [4.69, 9.17) is 0 Å². The predicted octanol–water partition coefficient (Wildman–Crippen LogP) is 2.83. The molecule has 0 aliphatic rings. The lowest BCUT2D eigenvalue weighted by Crippen LogP contribution is -2.22. The van der Waals surface area contributed by atoms with E-state index < -0.39 is 11.9 Å². The number of esters is 1. The van der Waals surface area contributed by atoms with Crippen LogP contribution in [-0.4, -0.2) is 18.9 Å². The first-order chi connectivity index (χ1) is 8.65. The Morgan fingerprint density at radius 2 is 1.72 bits per heavy atom. The standard InChI is InChI=1S/C15H14O3/c1-10(15(17)18-2)14(16)13-9-5-7-11-6-3-4-8-12(11)13/h3-10H,1-2H3. The molecule has 1 unspecified atom stereocenters. The lowest BCUT2D eigenvalue weighted by Gasteiger charge is -2.10. The van der Waals surface area contributed by atoms with Gasteiger partial charge in [0.05, 0.1) is 7.11 Å². The van der Waals surface area contributed by atoms with Crippen LogP contribution >= 0.6 is 0 Å². The number of benzene rings is 2. The summed E-state index contributed by atoms with van der Waals surface area (Å²) in [5.74, 6) is -1.49. The van der Waals surface area contributed by atoms with Gasteiger partial charge in [0.15, 0.2) is 5.78 Å². The molecule has 0 saturated heterocycles. The highest BCUT2D eigenvalue weighted by Gasteiger charge is 2.24. The van der Waals surface area contributed by atoms with Gasteiger partial charge in [-0.1, -0.05) is 42.5 Å². The average molecular weight is 242 g/mol. The molecule has 2 aromatic carbocycles. The highest BCUT2D eigenvalue weighted by molar-refractivity contribution is 6.14. The fourth-order valence-electron chi connectivity index (χ4n) is 1.96. The number of hydrogen-bond donors (Lipinski definition) is 0. The lowest BCUT2D eigenvalue weighted by molar-refractivity contribution is -0.143. The van der Waals surface area contributed by atoms with Gasteiger partial charge in [-0.25, -0.2) is 0 Å². The molecule has 0 heterocycles. The van der Waals surface area contributed by atoms with Crippen LogP contribution in [0.15, 0.2) is 42.5 Å². The van der Waals surface area contributed by atoms with Gasteiger partial charge in [0.1, 0.15) is 5.92 Å². The van der Waals surface area contributed by atoms with Crippen molar-refractivity contribution in [2.75, 3.05) is 7.11 Å². The summed E-state index contributed by atoms with van der Waals surface area (Å²) in [4.78, 5) is 23.7. The van der Waals surface area contributed by atoms with Crippen molar-refractivity contribution < 1.29 is 14.3 Å². The number of hydrogen-bond acceptors (Lipinski definition) is 3. The number of ketones is 1. The van der Waals surface area contributed by atoms with Gasteiger partial charge in [-0.2, -0.15) is 0 Å². The Kier molecular flexibility index (Phi) is 3.42. The number of rotatable bonds is 3. The van der Waals surface area contributed by atoms with E-state index in [-0.39, 0.29) is 5.78 Å². The van der Waals surface area contributed by atoms with Crippen LogP contribution in [0, 0.1) is 5.92 Å². The van der Waals surface area contributed by atoms with Gasteiger partial charge in [0.25, 0.3) is 0 Å². The second-order valence-electron chi connectivity index (χ2n) is 4.14. The van der Waals surface area contributed by atoms with Crippen LogP contribution in [0.5, 0.6) is 0 Å². The zero-order chi connectivity index (χ0) is 13.1. The molecule has 2 rings (SSSR count). The van der Waals surface area contributed by atoms with Crippen molar-refractivity contribution in [3.05, 3.63) is 48.0 Å². The number of methoxy groups -OCH3 is 1.